The van der Waals surface area contributed by atoms with Crippen molar-refractivity contribution in [2.24, 2.45) is 5.92 Å². The van der Waals surface area contributed by atoms with Gasteiger partial charge in [0, 0.05) is 25.8 Å². The first-order valence-corrected chi connectivity index (χ1v) is 7.64. The van der Waals surface area contributed by atoms with E-state index in [0.29, 0.717) is 0 Å². The van der Waals surface area contributed by atoms with E-state index in [1.54, 1.807) is 0 Å². The summed E-state index contributed by atoms with van der Waals surface area (Å²) in [7, 11) is 2.17. The molecule has 19 heavy (non-hydrogen) atoms. The normalized spacial score (nSPS) is 14.7. The van der Waals surface area contributed by atoms with Crippen LogP contribution in [0.4, 0.5) is 5.82 Å². The number of nitrogens with zero attached hydrogens (tertiary/aromatic N) is 2. The molecule has 0 unspecified atom stereocenters. The second kappa shape index (κ2) is 6.90. The van der Waals surface area contributed by atoms with E-state index in [4.69, 9.17) is 4.98 Å². The third kappa shape index (κ3) is 4.50. The molecule has 3 nitrogen and oxygen atoms in total. The fourth-order valence-electron chi connectivity index (χ4n) is 2.37. The molecule has 2 rings (SSSR count). The zero-order valence-electron chi connectivity index (χ0n) is 12.6. The van der Waals surface area contributed by atoms with E-state index in [2.05, 4.69) is 43.2 Å². The zero-order chi connectivity index (χ0) is 13.7. The minimum absolute atomic E-state index is 0.902. The van der Waals surface area contributed by atoms with Crippen LogP contribution >= 0.6 is 0 Å². The molecular weight excluding hydrogens is 234 g/mol. The number of rotatable bonds is 8. The Labute approximate surface area is 117 Å². The van der Waals surface area contributed by atoms with Gasteiger partial charge in [-0.2, -0.15) is 0 Å². The summed E-state index contributed by atoms with van der Waals surface area (Å²) in [6.45, 7) is 7.47. The molecule has 0 aromatic carbocycles. The Morgan fingerprint density at radius 2 is 2.11 bits per heavy atom. The maximum atomic E-state index is 4.81. The van der Waals surface area contributed by atoms with Gasteiger partial charge in [0.15, 0.2) is 0 Å². The van der Waals surface area contributed by atoms with Crippen LogP contribution in [0.25, 0.3) is 0 Å². The predicted molar refractivity (Wildman–Crippen MR) is 81.6 cm³/mol. The monoisotopic (exact) mass is 261 g/mol. The molecule has 1 aromatic heterocycles. The Kier molecular flexibility index (Phi) is 5.20. The first kappa shape index (κ1) is 14.3. The van der Waals surface area contributed by atoms with Crippen molar-refractivity contribution in [1.29, 1.82) is 0 Å². The molecule has 1 N–H and O–H groups in total. The van der Waals surface area contributed by atoms with Gasteiger partial charge in [-0.05, 0) is 49.4 Å². The third-order valence-electron chi connectivity index (χ3n) is 3.63. The first-order chi connectivity index (χ1) is 9.22. The summed E-state index contributed by atoms with van der Waals surface area (Å²) in [5, 5.41) is 3.41. The van der Waals surface area contributed by atoms with Gasteiger partial charge in [-0.3, -0.25) is 0 Å². The Morgan fingerprint density at radius 1 is 1.32 bits per heavy atom. The lowest BCUT2D eigenvalue weighted by atomic mass is 10.1. The summed E-state index contributed by atoms with van der Waals surface area (Å²) in [5.74, 6) is 2.05. The fourth-order valence-corrected chi connectivity index (χ4v) is 2.37. The molecule has 0 radical (unpaired) electrons. The van der Waals surface area contributed by atoms with E-state index >= 15 is 0 Å². The summed E-state index contributed by atoms with van der Waals surface area (Å²) >= 11 is 0. The van der Waals surface area contributed by atoms with Gasteiger partial charge >= 0.3 is 0 Å². The number of aryl methyl sites for hydroxylation is 1. The van der Waals surface area contributed by atoms with E-state index in [0.717, 1.165) is 44.2 Å². The number of pyridine rings is 1. The molecule has 1 aliphatic carbocycles. The van der Waals surface area contributed by atoms with Gasteiger partial charge in [0.25, 0.3) is 0 Å². The molecule has 0 spiro atoms. The minimum Gasteiger partial charge on any atom is -0.359 e. The molecule has 1 heterocycles. The van der Waals surface area contributed by atoms with Gasteiger partial charge in [0.05, 0.1) is 0 Å². The summed E-state index contributed by atoms with van der Waals surface area (Å²) in [6.07, 6.45) is 5.01. The van der Waals surface area contributed by atoms with Crippen molar-refractivity contribution < 1.29 is 0 Å². The highest BCUT2D eigenvalue weighted by Gasteiger charge is 2.23. The van der Waals surface area contributed by atoms with Gasteiger partial charge in [0.1, 0.15) is 5.82 Å². The highest BCUT2D eigenvalue weighted by atomic mass is 15.2. The largest absolute Gasteiger partial charge is 0.359 e. The number of aromatic nitrogens is 1. The van der Waals surface area contributed by atoms with Crippen molar-refractivity contribution in [3.8, 4) is 0 Å². The topological polar surface area (TPSA) is 28.2 Å². The van der Waals surface area contributed by atoms with Gasteiger partial charge in [0.2, 0.25) is 0 Å². The first-order valence-electron chi connectivity index (χ1n) is 7.64. The smallest absolute Gasteiger partial charge is 0.128 e. The van der Waals surface area contributed by atoms with Gasteiger partial charge in [-0.15, -0.1) is 0 Å². The van der Waals surface area contributed by atoms with E-state index in [9.17, 15) is 0 Å². The standard InChI is InChI=1S/C16H27N3/c1-4-6-15-9-14(11-17-5-2)10-16(18-15)19(3)12-13-7-8-13/h9-10,13,17H,4-8,11-12H2,1-3H3. The second-order valence-electron chi connectivity index (χ2n) is 5.68. The number of nitrogens with one attached hydrogen (secondary N) is 1. The van der Waals surface area contributed by atoms with E-state index in [1.165, 1.54) is 24.1 Å². The number of hydrogen-bond acceptors (Lipinski definition) is 3. The zero-order valence-corrected chi connectivity index (χ0v) is 12.6. The Bertz CT molecular complexity index is 399. The maximum absolute atomic E-state index is 4.81. The minimum atomic E-state index is 0.902. The summed E-state index contributed by atoms with van der Waals surface area (Å²) in [5.41, 5.74) is 2.59. The lowest BCUT2D eigenvalue weighted by Crippen LogP contribution is -2.22. The lowest BCUT2D eigenvalue weighted by Gasteiger charge is -2.20. The molecule has 1 fully saturated rings. The van der Waals surface area contributed by atoms with Crippen LogP contribution in [0.2, 0.25) is 0 Å². The van der Waals surface area contributed by atoms with Gasteiger partial charge in [-0.25, -0.2) is 4.98 Å². The van der Waals surface area contributed by atoms with Crippen LogP contribution in [-0.4, -0.2) is 25.1 Å². The van der Waals surface area contributed by atoms with Crippen LogP contribution in [0.3, 0.4) is 0 Å². The van der Waals surface area contributed by atoms with Crippen LogP contribution in [-0.2, 0) is 13.0 Å². The van der Waals surface area contributed by atoms with Crippen LogP contribution < -0.4 is 10.2 Å². The SMILES string of the molecule is CCCc1cc(CNCC)cc(N(C)CC2CC2)n1. The molecule has 106 valence electrons. The molecular formula is C16H27N3. The molecule has 3 heteroatoms. The Hall–Kier alpha value is -1.09. The van der Waals surface area contributed by atoms with Crippen molar-refractivity contribution in [2.45, 2.75) is 46.1 Å². The molecule has 1 saturated carbocycles. The number of anilines is 1. The summed E-state index contributed by atoms with van der Waals surface area (Å²) < 4.78 is 0. The molecule has 0 amide bonds. The Balaban J connectivity index is 2.11. The van der Waals surface area contributed by atoms with E-state index in [-0.39, 0.29) is 0 Å². The van der Waals surface area contributed by atoms with Crippen molar-refractivity contribution in [2.75, 3.05) is 25.0 Å². The van der Waals surface area contributed by atoms with Crippen molar-refractivity contribution >= 4 is 5.82 Å². The number of hydrogen-bond donors (Lipinski definition) is 1. The molecule has 0 aliphatic heterocycles. The third-order valence-corrected chi connectivity index (χ3v) is 3.63. The molecule has 1 aliphatic rings. The lowest BCUT2D eigenvalue weighted by molar-refractivity contribution is 0.719. The predicted octanol–water partition coefficient (Wildman–Crippen LogP) is 2.99. The van der Waals surface area contributed by atoms with Crippen LogP contribution in [0.1, 0.15) is 44.4 Å². The molecule has 1 aromatic rings. The highest BCUT2D eigenvalue weighted by Crippen LogP contribution is 2.30. The van der Waals surface area contributed by atoms with Crippen LogP contribution in [0.5, 0.6) is 0 Å². The van der Waals surface area contributed by atoms with Crippen molar-refractivity contribution in [1.82, 2.24) is 10.3 Å². The summed E-state index contributed by atoms with van der Waals surface area (Å²) in [4.78, 5) is 7.14. The van der Waals surface area contributed by atoms with Crippen LogP contribution in [0, 0.1) is 5.92 Å². The van der Waals surface area contributed by atoms with Crippen LogP contribution in [0.15, 0.2) is 12.1 Å². The average Bonchev–Trinajstić information content (AvgIpc) is 3.20. The van der Waals surface area contributed by atoms with Crippen molar-refractivity contribution in [3.05, 3.63) is 23.4 Å². The van der Waals surface area contributed by atoms with E-state index < -0.39 is 0 Å². The van der Waals surface area contributed by atoms with Gasteiger partial charge < -0.3 is 10.2 Å². The molecule has 0 bridgehead atoms. The highest BCUT2D eigenvalue weighted by molar-refractivity contribution is 5.42. The second-order valence-corrected chi connectivity index (χ2v) is 5.68. The van der Waals surface area contributed by atoms with Crippen molar-refractivity contribution in [3.63, 3.8) is 0 Å². The summed E-state index contributed by atoms with van der Waals surface area (Å²) in [6, 6.07) is 4.49. The molecule has 0 saturated heterocycles. The fraction of sp³-hybridized carbons (Fsp3) is 0.688. The quantitative estimate of drug-likeness (QED) is 0.780. The average molecular weight is 261 g/mol. The Morgan fingerprint density at radius 3 is 2.74 bits per heavy atom. The van der Waals surface area contributed by atoms with Gasteiger partial charge in [-0.1, -0.05) is 20.3 Å². The van der Waals surface area contributed by atoms with E-state index in [1.807, 2.05) is 0 Å². The maximum Gasteiger partial charge on any atom is 0.128 e. The molecule has 0 atom stereocenters.